The lowest BCUT2D eigenvalue weighted by Crippen LogP contribution is -2.22. The molecule has 0 aliphatic carbocycles. The third kappa shape index (κ3) is 5.07. The Bertz CT molecular complexity index is 982. The van der Waals surface area contributed by atoms with Crippen LogP contribution < -0.4 is 5.32 Å². The molecule has 1 aliphatic rings. The second-order valence-electron chi connectivity index (χ2n) is 6.82. The highest BCUT2D eigenvalue weighted by atomic mass is 19.4. The molecule has 4 rings (SSSR count). The van der Waals surface area contributed by atoms with Crippen molar-refractivity contribution in [3.63, 3.8) is 0 Å². The molecule has 1 aromatic carbocycles. The second kappa shape index (κ2) is 9.12. The maximum atomic E-state index is 10.6. The summed E-state index contributed by atoms with van der Waals surface area (Å²) in [6, 6.07) is 10.5. The van der Waals surface area contributed by atoms with Gasteiger partial charge < -0.3 is 19.6 Å². The molecule has 30 heavy (non-hydrogen) atoms. The zero-order valence-corrected chi connectivity index (χ0v) is 16.3. The van der Waals surface area contributed by atoms with Crippen LogP contribution >= 0.6 is 0 Å². The maximum absolute atomic E-state index is 10.6. The number of nitrogens with zero attached hydrogens (tertiary/aromatic N) is 4. The lowest BCUT2D eigenvalue weighted by molar-refractivity contribution is -0.192. The number of aromatic nitrogens is 4. The molecular weight excluding hydrogens is 399 g/mol. The van der Waals surface area contributed by atoms with E-state index >= 15 is 0 Å². The molecule has 0 amide bonds. The van der Waals surface area contributed by atoms with Crippen molar-refractivity contribution in [2.45, 2.75) is 45.1 Å². The van der Waals surface area contributed by atoms with Crippen molar-refractivity contribution in [1.29, 1.82) is 0 Å². The topological polar surface area (TPSA) is 85.0 Å². The summed E-state index contributed by atoms with van der Waals surface area (Å²) in [6.07, 6.45) is 3.10. The third-order valence-electron chi connectivity index (χ3n) is 4.73. The van der Waals surface area contributed by atoms with Crippen LogP contribution in [0.5, 0.6) is 0 Å². The predicted molar refractivity (Wildman–Crippen MR) is 103 cm³/mol. The first-order valence-electron chi connectivity index (χ1n) is 9.43. The summed E-state index contributed by atoms with van der Waals surface area (Å²) in [7, 11) is 0. The summed E-state index contributed by atoms with van der Waals surface area (Å²) in [6.45, 7) is 4.07. The van der Waals surface area contributed by atoms with Gasteiger partial charge >= 0.3 is 12.1 Å². The molecule has 1 unspecified atom stereocenters. The van der Waals surface area contributed by atoms with E-state index in [0.29, 0.717) is 0 Å². The van der Waals surface area contributed by atoms with E-state index in [4.69, 9.17) is 9.90 Å². The number of alkyl halides is 3. The number of carbonyl (C=O) groups is 1. The van der Waals surface area contributed by atoms with Crippen molar-refractivity contribution in [1.82, 2.24) is 24.4 Å². The van der Waals surface area contributed by atoms with Crippen molar-refractivity contribution in [3.8, 4) is 5.69 Å². The number of benzene rings is 1. The Balaban J connectivity index is 0.000000318. The lowest BCUT2D eigenvalue weighted by atomic mass is 10.2. The summed E-state index contributed by atoms with van der Waals surface area (Å²) in [5.41, 5.74) is 2.40. The van der Waals surface area contributed by atoms with E-state index in [1.165, 1.54) is 17.9 Å². The number of aryl methyl sites for hydroxylation is 1. The van der Waals surface area contributed by atoms with Crippen LogP contribution in [0.3, 0.4) is 0 Å². The van der Waals surface area contributed by atoms with Gasteiger partial charge in [-0.3, -0.25) is 0 Å². The number of carboxylic acids is 1. The molecule has 2 aromatic heterocycles. The molecular formula is C20H22F3N5O2. The highest BCUT2D eigenvalue weighted by Gasteiger charge is 2.38. The number of hydrogen-bond acceptors (Lipinski definition) is 4. The van der Waals surface area contributed by atoms with E-state index in [0.717, 1.165) is 31.0 Å². The van der Waals surface area contributed by atoms with Gasteiger partial charge in [0.2, 0.25) is 0 Å². The van der Waals surface area contributed by atoms with E-state index in [1.807, 2.05) is 36.8 Å². The van der Waals surface area contributed by atoms with Crippen molar-refractivity contribution >= 4 is 5.97 Å². The standard InChI is InChI=1S/C18H21N5.C2HF3O2/c1-14(20-12-16-13-21-17-8-5-10-22(16)17)18-19-9-11-23(18)15-6-3-2-4-7-15;3-2(4,5)1(6)7/h2-4,6-7,9,11,13-14,20H,5,8,10,12H2,1H3;(H,6,7). The minimum atomic E-state index is -5.08. The lowest BCUT2D eigenvalue weighted by Gasteiger charge is -2.16. The quantitative estimate of drug-likeness (QED) is 0.659. The van der Waals surface area contributed by atoms with Crippen LogP contribution in [0.4, 0.5) is 13.2 Å². The normalized spacial score (nSPS) is 14.0. The van der Waals surface area contributed by atoms with Gasteiger partial charge in [0.15, 0.2) is 0 Å². The van der Waals surface area contributed by atoms with Crippen LogP contribution in [-0.2, 0) is 24.3 Å². The Hall–Kier alpha value is -3.14. The molecule has 3 heterocycles. The van der Waals surface area contributed by atoms with E-state index < -0.39 is 12.1 Å². The summed E-state index contributed by atoms with van der Waals surface area (Å²) in [5.74, 6) is -0.509. The van der Waals surface area contributed by atoms with Crippen LogP contribution in [0, 0.1) is 0 Å². The van der Waals surface area contributed by atoms with Gasteiger partial charge in [0.1, 0.15) is 11.6 Å². The molecule has 7 nitrogen and oxygen atoms in total. The Morgan fingerprint density at radius 2 is 1.97 bits per heavy atom. The van der Waals surface area contributed by atoms with Gasteiger partial charge in [0, 0.05) is 43.8 Å². The largest absolute Gasteiger partial charge is 0.490 e. The van der Waals surface area contributed by atoms with Crippen LogP contribution in [0.25, 0.3) is 5.69 Å². The number of carboxylic acid groups (broad SMARTS) is 1. The monoisotopic (exact) mass is 421 g/mol. The molecule has 0 fully saturated rings. The average molecular weight is 421 g/mol. The number of halogens is 3. The molecule has 2 N–H and O–H groups in total. The van der Waals surface area contributed by atoms with Gasteiger partial charge in [0.25, 0.3) is 0 Å². The molecule has 1 aliphatic heterocycles. The van der Waals surface area contributed by atoms with Crippen LogP contribution in [0.2, 0.25) is 0 Å². The van der Waals surface area contributed by atoms with Crippen molar-refractivity contribution in [2.24, 2.45) is 0 Å². The second-order valence-corrected chi connectivity index (χ2v) is 6.82. The van der Waals surface area contributed by atoms with Gasteiger partial charge in [-0.15, -0.1) is 0 Å². The Morgan fingerprint density at radius 1 is 1.27 bits per heavy atom. The van der Waals surface area contributed by atoms with Gasteiger partial charge in [-0.2, -0.15) is 13.2 Å². The summed E-state index contributed by atoms with van der Waals surface area (Å²) in [4.78, 5) is 17.9. The van der Waals surface area contributed by atoms with E-state index in [1.54, 1.807) is 0 Å². The number of nitrogens with one attached hydrogen (secondary N) is 1. The van der Waals surface area contributed by atoms with Crippen molar-refractivity contribution < 1.29 is 23.1 Å². The summed E-state index contributed by atoms with van der Waals surface area (Å²) >= 11 is 0. The third-order valence-corrected chi connectivity index (χ3v) is 4.73. The maximum Gasteiger partial charge on any atom is 0.490 e. The molecule has 10 heteroatoms. The van der Waals surface area contributed by atoms with E-state index in [9.17, 15) is 13.2 Å². The first-order valence-corrected chi connectivity index (χ1v) is 9.43. The SMILES string of the molecule is CC(NCc1cnc2n1CCC2)c1nccn1-c1ccccc1.O=C(O)C(F)(F)F. The summed E-state index contributed by atoms with van der Waals surface area (Å²) < 4.78 is 36.2. The zero-order valence-electron chi connectivity index (χ0n) is 16.3. The smallest absolute Gasteiger partial charge is 0.475 e. The van der Waals surface area contributed by atoms with Gasteiger partial charge in [-0.25, -0.2) is 14.8 Å². The molecule has 160 valence electrons. The van der Waals surface area contributed by atoms with Crippen LogP contribution in [-0.4, -0.2) is 36.4 Å². The number of hydrogen-bond donors (Lipinski definition) is 2. The van der Waals surface area contributed by atoms with Crippen molar-refractivity contribution in [3.05, 3.63) is 66.3 Å². The Labute approximate surface area is 171 Å². The number of fused-ring (bicyclic) bond motifs is 1. The summed E-state index contributed by atoms with van der Waals surface area (Å²) in [5, 5.41) is 10.7. The number of para-hydroxylation sites is 1. The Morgan fingerprint density at radius 3 is 2.63 bits per heavy atom. The molecule has 3 aromatic rings. The number of rotatable bonds is 5. The van der Waals surface area contributed by atoms with Gasteiger partial charge in [-0.05, 0) is 25.5 Å². The minimum Gasteiger partial charge on any atom is -0.475 e. The molecule has 0 spiro atoms. The fourth-order valence-electron chi connectivity index (χ4n) is 3.25. The highest BCUT2D eigenvalue weighted by molar-refractivity contribution is 5.73. The van der Waals surface area contributed by atoms with E-state index in [2.05, 4.69) is 43.5 Å². The van der Waals surface area contributed by atoms with Crippen LogP contribution in [0.15, 0.2) is 48.9 Å². The fraction of sp³-hybridized carbons (Fsp3) is 0.350. The predicted octanol–water partition coefficient (Wildman–Crippen LogP) is 3.50. The Kier molecular flexibility index (Phi) is 6.56. The zero-order chi connectivity index (χ0) is 21.7. The minimum absolute atomic E-state index is 0.165. The molecule has 1 atom stereocenters. The fourth-order valence-corrected chi connectivity index (χ4v) is 3.25. The number of aliphatic carboxylic acids is 1. The molecule has 0 saturated heterocycles. The number of imidazole rings is 2. The molecule has 0 bridgehead atoms. The van der Waals surface area contributed by atoms with Crippen LogP contribution in [0.1, 0.15) is 36.7 Å². The first-order chi connectivity index (χ1) is 14.3. The first kappa shape index (κ1) is 21.6. The van der Waals surface area contributed by atoms with Gasteiger partial charge in [0.05, 0.1) is 11.7 Å². The molecule has 0 saturated carbocycles. The highest BCUT2D eigenvalue weighted by Crippen LogP contribution is 2.19. The van der Waals surface area contributed by atoms with E-state index in [-0.39, 0.29) is 6.04 Å². The van der Waals surface area contributed by atoms with Gasteiger partial charge in [-0.1, -0.05) is 18.2 Å². The van der Waals surface area contributed by atoms with Crippen molar-refractivity contribution in [2.75, 3.05) is 0 Å². The molecule has 0 radical (unpaired) electrons. The average Bonchev–Trinajstić information content (AvgIpc) is 3.44.